The summed E-state index contributed by atoms with van der Waals surface area (Å²) in [5.74, 6) is 0.831. The Hall–Kier alpha value is -1.26. The highest BCUT2D eigenvalue weighted by Gasteiger charge is 2.23. The van der Waals surface area contributed by atoms with Gasteiger partial charge >= 0.3 is 0 Å². The van der Waals surface area contributed by atoms with Crippen LogP contribution in [0.2, 0.25) is 0 Å². The van der Waals surface area contributed by atoms with Crippen LogP contribution in [-0.2, 0) is 4.79 Å². The van der Waals surface area contributed by atoms with E-state index >= 15 is 0 Å². The molecule has 0 saturated carbocycles. The lowest BCUT2D eigenvalue weighted by molar-refractivity contribution is -0.119. The molecule has 0 saturated heterocycles. The summed E-state index contributed by atoms with van der Waals surface area (Å²) in [6.45, 7) is 2.98. The van der Waals surface area contributed by atoms with Crippen molar-refractivity contribution in [3.05, 3.63) is 24.3 Å². The van der Waals surface area contributed by atoms with Crippen molar-refractivity contribution in [1.29, 1.82) is 0 Å². The third-order valence-electron chi connectivity index (χ3n) is 2.53. The summed E-state index contributed by atoms with van der Waals surface area (Å²) < 4.78 is 5.48. The van der Waals surface area contributed by atoms with Gasteiger partial charge in [-0.15, -0.1) is 12.4 Å². The normalized spacial score (nSPS) is 15.3. The minimum absolute atomic E-state index is 0. The van der Waals surface area contributed by atoms with Gasteiger partial charge < -0.3 is 15.4 Å². The quantitative estimate of drug-likeness (QED) is 0.874. The Kier molecular flexibility index (Phi) is 4.78. The Bertz CT molecular complexity index is 396. The zero-order valence-electron chi connectivity index (χ0n) is 9.76. The molecule has 2 rings (SSSR count). The maximum atomic E-state index is 12.0. The molecule has 1 aliphatic heterocycles. The molecule has 17 heavy (non-hydrogen) atoms. The van der Waals surface area contributed by atoms with Crippen LogP contribution in [0.5, 0.6) is 5.75 Å². The second-order valence-corrected chi connectivity index (χ2v) is 4.04. The minimum atomic E-state index is -0.109. The molecular formula is C12H17ClN2O2. The molecule has 1 unspecified atom stereocenters. The van der Waals surface area contributed by atoms with Crippen LogP contribution in [0.4, 0.5) is 5.69 Å². The second-order valence-electron chi connectivity index (χ2n) is 4.04. The molecule has 1 amide bonds. The molecule has 1 aromatic carbocycles. The third-order valence-corrected chi connectivity index (χ3v) is 2.53. The van der Waals surface area contributed by atoms with E-state index in [0.717, 1.165) is 11.4 Å². The number of fused-ring (bicyclic) bond motifs is 1. The standard InChI is InChI=1S/C12H16N2O2.ClH/c1-9(13)8-12(15)14-6-7-16-11-5-3-2-4-10(11)14;/h2-5,9H,6-8,13H2,1H3;1H. The van der Waals surface area contributed by atoms with E-state index < -0.39 is 0 Å². The smallest absolute Gasteiger partial charge is 0.228 e. The van der Waals surface area contributed by atoms with Crippen LogP contribution in [0.3, 0.4) is 0 Å². The van der Waals surface area contributed by atoms with E-state index in [1.54, 1.807) is 4.90 Å². The van der Waals surface area contributed by atoms with E-state index in [0.29, 0.717) is 19.6 Å². The summed E-state index contributed by atoms with van der Waals surface area (Å²) >= 11 is 0. The van der Waals surface area contributed by atoms with E-state index in [2.05, 4.69) is 0 Å². The number of carbonyl (C=O) groups excluding carboxylic acids is 1. The van der Waals surface area contributed by atoms with Crippen LogP contribution >= 0.6 is 12.4 Å². The van der Waals surface area contributed by atoms with Gasteiger partial charge in [0.25, 0.3) is 0 Å². The van der Waals surface area contributed by atoms with Gasteiger partial charge in [0, 0.05) is 12.5 Å². The summed E-state index contributed by atoms with van der Waals surface area (Å²) in [6.07, 6.45) is 0.369. The molecule has 5 heteroatoms. The Morgan fingerprint density at radius 1 is 1.53 bits per heavy atom. The van der Waals surface area contributed by atoms with Crippen LogP contribution in [-0.4, -0.2) is 25.1 Å². The number of carbonyl (C=O) groups is 1. The van der Waals surface area contributed by atoms with Gasteiger partial charge in [0.05, 0.1) is 12.2 Å². The topological polar surface area (TPSA) is 55.6 Å². The molecule has 0 spiro atoms. The molecule has 1 aromatic rings. The average molecular weight is 257 g/mol. The van der Waals surface area contributed by atoms with Crippen molar-refractivity contribution < 1.29 is 9.53 Å². The maximum absolute atomic E-state index is 12.0. The van der Waals surface area contributed by atoms with E-state index in [1.807, 2.05) is 31.2 Å². The zero-order chi connectivity index (χ0) is 11.5. The number of benzene rings is 1. The van der Waals surface area contributed by atoms with Crippen molar-refractivity contribution in [2.75, 3.05) is 18.1 Å². The highest BCUT2D eigenvalue weighted by molar-refractivity contribution is 5.95. The molecule has 0 aliphatic carbocycles. The van der Waals surface area contributed by atoms with Crippen LogP contribution in [0.25, 0.3) is 0 Å². The van der Waals surface area contributed by atoms with Gasteiger partial charge in [0.1, 0.15) is 12.4 Å². The zero-order valence-corrected chi connectivity index (χ0v) is 10.6. The van der Waals surface area contributed by atoms with Gasteiger partial charge in [0.15, 0.2) is 0 Å². The first-order chi connectivity index (χ1) is 7.68. The first-order valence-electron chi connectivity index (χ1n) is 5.46. The molecule has 1 aliphatic rings. The molecular weight excluding hydrogens is 240 g/mol. The van der Waals surface area contributed by atoms with Crippen LogP contribution in [0.15, 0.2) is 24.3 Å². The lowest BCUT2D eigenvalue weighted by Crippen LogP contribution is -2.40. The number of anilines is 1. The van der Waals surface area contributed by atoms with Gasteiger partial charge in [-0.25, -0.2) is 0 Å². The maximum Gasteiger partial charge on any atom is 0.228 e. The summed E-state index contributed by atoms with van der Waals surface area (Å²) in [5.41, 5.74) is 6.49. The van der Waals surface area contributed by atoms with Gasteiger partial charge in [0.2, 0.25) is 5.91 Å². The largest absolute Gasteiger partial charge is 0.490 e. The van der Waals surface area contributed by atoms with Crippen LogP contribution in [0.1, 0.15) is 13.3 Å². The van der Waals surface area contributed by atoms with Crippen molar-refractivity contribution in [2.24, 2.45) is 5.73 Å². The number of nitrogens with zero attached hydrogens (tertiary/aromatic N) is 1. The lowest BCUT2D eigenvalue weighted by Gasteiger charge is -2.29. The fourth-order valence-corrected chi connectivity index (χ4v) is 1.81. The van der Waals surface area contributed by atoms with Gasteiger partial charge in [-0.05, 0) is 19.1 Å². The predicted octanol–water partition coefficient (Wildman–Crippen LogP) is 1.57. The second kappa shape index (κ2) is 5.89. The molecule has 1 heterocycles. The van der Waals surface area contributed by atoms with Crippen molar-refractivity contribution in [2.45, 2.75) is 19.4 Å². The van der Waals surface area contributed by atoms with Gasteiger partial charge in [-0.1, -0.05) is 12.1 Å². The summed E-state index contributed by atoms with van der Waals surface area (Å²) in [6, 6.07) is 7.47. The number of hydrogen-bond donors (Lipinski definition) is 1. The molecule has 4 nitrogen and oxygen atoms in total. The van der Waals surface area contributed by atoms with Crippen molar-refractivity contribution in [1.82, 2.24) is 0 Å². The van der Waals surface area contributed by atoms with E-state index in [4.69, 9.17) is 10.5 Å². The highest BCUT2D eigenvalue weighted by Crippen LogP contribution is 2.31. The summed E-state index contributed by atoms with van der Waals surface area (Å²) in [5, 5.41) is 0. The van der Waals surface area contributed by atoms with Gasteiger partial charge in [-0.3, -0.25) is 4.79 Å². The minimum Gasteiger partial charge on any atom is -0.490 e. The fraction of sp³-hybridized carbons (Fsp3) is 0.417. The first kappa shape index (κ1) is 13.8. The average Bonchev–Trinajstić information content (AvgIpc) is 2.27. The Morgan fingerprint density at radius 3 is 2.94 bits per heavy atom. The predicted molar refractivity (Wildman–Crippen MR) is 69.8 cm³/mol. The molecule has 0 bridgehead atoms. The number of hydrogen-bond acceptors (Lipinski definition) is 3. The van der Waals surface area contributed by atoms with Gasteiger partial charge in [-0.2, -0.15) is 0 Å². The first-order valence-corrected chi connectivity index (χ1v) is 5.46. The SMILES string of the molecule is CC(N)CC(=O)N1CCOc2ccccc21.Cl. The van der Waals surface area contributed by atoms with Crippen molar-refractivity contribution in [3.8, 4) is 5.75 Å². The summed E-state index contributed by atoms with van der Waals surface area (Å²) in [7, 11) is 0. The number of ether oxygens (including phenoxy) is 1. The Morgan fingerprint density at radius 2 is 2.24 bits per heavy atom. The monoisotopic (exact) mass is 256 g/mol. The highest BCUT2D eigenvalue weighted by atomic mass is 35.5. The Balaban J connectivity index is 0.00000144. The van der Waals surface area contributed by atoms with E-state index in [1.165, 1.54) is 0 Å². The fourth-order valence-electron chi connectivity index (χ4n) is 1.81. The summed E-state index contributed by atoms with van der Waals surface area (Å²) in [4.78, 5) is 13.7. The van der Waals surface area contributed by atoms with Crippen LogP contribution in [0, 0.1) is 0 Å². The molecule has 94 valence electrons. The Labute approximate surface area is 107 Å². The lowest BCUT2D eigenvalue weighted by atomic mass is 10.2. The molecule has 1 atom stereocenters. The number of halogens is 1. The molecule has 0 radical (unpaired) electrons. The molecule has 2 N–H and O–H groups in total. The molecule has 0 aromatic heterocycles. The number of amides is 1. The van der Waals surface area contributed by atoms with E-state index in [-0.39, 0.29) is 24.4 Å². The van der Waals surface area contributed by atoms with Crippen molar-refractivity contribution >= 4 is 24.0 Å². The van der Waals surface area contributed by atoms with Crippen molar-refractivity contribution in [3.63, 3.8) is 0 Å². The van der Waals surface area contributed by atoms with E-state index in [9.17, 15) is 4.79 Å². The number of rotatable bonds is 2. The van der Waals surface area contributed by atoms with Crippen LogP contribution < -0.4 is 15.4 Å². The number of nitrogens with two attached hydrogens (primary N) is 1. The molecule has 0 fully saturated rings. The third kappa shape index (κ3) is 3.11. The number of para-hydroxylation sites is 2.